The summed E-state index contributed by atoms with van der Waals surface area (Å²) in [4.78, 5) is 14.4. The predicted octanol–water partition coefficient (Wildman–Crippen LogP) is 2.90. The number of hydrogen-bond acceptors (Lipinski definition) is 3. The molecular weight excluding hydrogens is 367 g/mol. The van der Waals surface area contributed by atoms with Crippen molar-refractivity contribution < 1.29 is 17.6 Å². The van der Waals surface area contributed by atoms with Crippen LogP contribution < -0.4 is 0 Å². The molecule has 0 aromatic heterocycles. The summed E-state index contributed by atoms with van der Waals surface area (Å²) >= 11 is 0. The van der Waals surface area contributed by atoms with Gasteiger partial charge in [0.05, 0.1) is 4.90 Å². The molecule has 0 aliphatic carbocycles. The Bertz CT molecular complexity index is 981. The lowest BCUT2D eigenvalue weighted by Gasteiger charge is -2.34. The summed E-state index contributed by atoms with van der Waals surface area (Å²) in [5, 5.41) is 0. The normalized spacial score (nSPS) is 15.8. The van der Waals surface area contributed by atoms with Gasteiger partial charge in [-0.15, -0.1) is 0 Å². The van der Waals surface area contributed by atoms with Crippen molar-refractivity contribution in [1.82, 2.24) is 9.21 Å². The van der Waals surface area contributed by atoms with Gasteiger partial charge in [-0.3, -0.25) is 4.79 Å². The van der Waals surface area contributed by atoms with Gasteiger partial charge in [0.15, 0.2) is 0 Å². The fourth-order valence-corrected chi connectivity index (χ4v) is 4.62. The van der Waals surface area contributed by atoms with Crippen LogP contribution in [0.3, 0.4) is 0 Å². The first-order chi connectivity index (χ1) is 12.7. The second kappa shape index (κ2) is 7.40. The molecule has 0 unspecified atom stereocenters. The van der Waals surface area contributed by atoms with Crippen molar-refractivity contribution in [3.63, 3.8) is 0 Å². The molecule has 0 radical (unpaired) electrons. The molecule has 27 heavy (non-hydrogen) atoms. The Balaban J connectivity index is 1.71. The van der Waals surface area contributed by atoms with E-state index < -0.39 is 15.8 Å². The van der Waals surface area contributed by atoms with Gasteiger partial charge in [-0.2, -0.15) is 4.31 Å². The van der Waals surface area contributed by atoms with E-state index in [0.29, 0.717) is 24.2 Å². The fraction of sp³-hybridized carbons (Fsp3) is 0.350. The second-order valence-corrected chi connectivity index (χ2v) is 8.84. The number of sulfonamides is 1. The van der Waals surface area contributed by atoms with E-state index in [4.69, 9.17) is 0 Å². The molecule has 3 rings (SSSR count). The first-order valence-electron chi connectivity index (χ1n) is 8.83. The molecule has 1 heterocycles. The molecule has 7 heteroatoms. The summed E-state index contributed by atoms with van der Waals surface area (Å²) in [6, 6.07) is 9.38. The number of aryl methyl sites for hydroxylation is 3. The van der Waals surface area contributed by atoms with Crippen LogP contribution in [0.5, 0.6) is 0 Å². The Labute approximate surface area is 159 Å². The summed E-state index contributed by atoms with van der Waals surface area (Å²) in [6.45, 7) is 6.57. The summed E-state index contributed by atoms with van der Waals surface area (Å²) in [7, 11) is -3.70. The van der Waals surface area contributed by atoms with Gasteiger partial charge >= 0.3 is 0 Å². The predicted molar refractivity (Wildman–Crippen MR) is 102 cm³/mol. The van der Waals surface area contributed by atoms with Gasteiger partial charge in [0.1, 0.15) is 5.82 Å². The number of carbonyl (C=O) groups excluding carboxylic acids is 1. The van der Waals surface area contributed by atoms with Crippen molar-refractivity contribution in [2.75, 3.05) is 26.2 Å². The van der Waals surface area contributed by atoms with E-state index in [1.165, 1.54) is 29.4 Å². The first-order valence-corrected chi connectivity index (χ1v) is 10.3. The van der Waals surface area contributed by atoms with Crippen LogP contribution in [0.1, 0.15) is 27.0 Å². The van der Waals surface area contributed by atoms with Gasteiger partial charge in [-0.1, -0.05) is 6.07 Å². The van der Waals surface area contributed by atoms with Gasteiger partial charge in [0.25, 0.3) is 5.91 Å². The molecule has 0 bridgehead atoms. The van der Waals surface area contributed by atoms with Crippen molar-refractivity contribution in [2.24, 2.45) is 0 Å². The molecule has 2 aromatic carbocycles. The van der Waals surface area contributed by atoms with Crippen molar-refractivity contribution in [3.05, 3.63) is 64.5 Å². The molecule has 144 valence electrons. The van der Waals surface area contributed by atoms with Crippen LogP contribution in [0, 0.1) is 26.6 Å². The Kier molecular flexibility index (Phi) is 5.35. The highest BCUT2D eigenvalue weighted by Gasteiger charge is 2.30. The smallest absolute Gasteiger partial charge is 0.253 e. The number of benzene rings is 2. The molecule has 1 fully saturated rings. The zero-order chi connectivity index (χ0) is 19.8. The third-order valence-electron chi connectivity index (χ3n) is 5.05. The van der Waals surface area contributed by atoms with E-state index >= 15 is 0 Å². The summed E-state index contributed by atoms with van der Waals surface area (Å²) in [5.74, 6) is -0.523. The second-order valence-electron chi connectivity index (χ2n) is 6.91. The number of amides is 1. The van der Waals surface area contributed by atoms with Crippen LogP contribution >= 0.6 is 0 Å². The van der Waals surface area contributed by atoms with E-state index in [1.807, 2.05) is 26.0 Å². The average molecular weight is 390 g/mol. The Morgan fingerprint density at radius 1 is 0.889 bits per heavy atom. The third-order valence-corrected chi connectivity index (χ3v) is 6.94. The minimum absolute atomic E-state index is 0.0790. The molecule has 0 saturated carbocycles. The van der Waals surface area contributed by atoms with Crippen LogP contribution in [0.4, 0.5) is 4.39 Å². The van der Waals surface area contributed by atoms with Crippen LogP contribution in [-0.2, 0) is 10.0 Å². The van der Waals surface area contributed by atoms with Gasteiger partial charge in [-0.05, 0) is 67.8 Å². The maximum Gasteiger partial charge on any atom is 0.253 e. The lowest BCUT2D eigenvalue weighted by molar-refractivity contribution is 0.0698. The molecule has 0 spiro atoms. The number of nitrogens with zero attached hydrogens (tertiary/aromatic N) is 2. The monoisotopic (exact) mass is 390 g/mol. The number of carbonyl (C=O) groups is 1. The Morgan fingerprint density at radius 3 is 2.15 bits per heavy atom. The number of rotatable bonds is 3. The maximum atomic E-state index is 13.4. The molecule has 1 aliphatic rings. The zero-order valence-electron chi connectivity index (χ0n) is 15.7. The zero-order valence-corrected chi connectivity index (χ0v) is 16.5. The third kappa shape index (κ3) is 3.89. The van der Waals surface area contributed by atoms with E-state index in [1.54, 1.807) is 11.0 Å². The molecule has 1 amide bonds. The van der Waals surface area contributed by atoms with E-state index in [2.05, 4.69) is 0 Å². The highest BCUT2D eigenvalue weighted by Crippen LogP contribution is 2.21. The van der Waals surface area contributed by atoms with Crippen LogP contribution in [0.2, 0.25) is 0 Å². The first kappa shape index (κ1) is 19.5. The standard InChI is InChI=1S/C20H23FN2O3S/c1-14-4-5-17(12-15(14)2)20(24)22-8-10-23(11-9-22)27(25,26)18-6-7-19(21)16(3)13-18/h4-7,12-13H,8-11H2,1-3H3. The Hall–Kier alpha value is -2.25. The molecular formula is C20H23FN2O3S. The highest BCUT2D eigenvalue weighted by atomic mass is 32.2. The SMILES string of the molecule is Cc1ccc(C(=O)N2CCN(S(=O)(=O)c3ccc(F)c(C)c3)CC2)cc1C. The van der Waals surface area contributed by atoms with Crippen molar-refractivity contribution >= 4 is 15.9 Å². The minimum atomic E-state index is -3.70. The van der Waals surface area contributed by atoms with Crippen LogP contribution in [-0.4, -0.2) is 49.7 Å². The molecule has 0 atom stereocenters. The average Bonchev–Trinajstić information content (AvgIpc) is 2.65. The van der Waals surface area contributed by atoms with Gasteiger partial charge in [0.2, 0.25) is 10.0 Å². The van der Waals surface area contributed by atoms with Gasteiger partial charge in [-0.25, -0.2) is 12.8 Å². The lowest BCUT2D eigenvalue weighted by Crippen LogP contribution is -2.50. The van der Waals surface area contributed by atoms with Gasteiger partial charge in [0, 0.05) is 31.7 Å². The lowest BCUT2D eigenvalue weighted by atomic mass is 10.1. The van der Waals surface area contributed by atoms with Gasteiger partial charge < -0.3 is 4.90 Å². The van der Waals surface area contributed by atoms with E-state index in [-0.39, 0.29) is 23.9 Å². The molecule has 1 saturated heterocycles. The Morgan fingerprint density at radius 2 is 1.56 bits per heavy atom. The van der Waals surface area contributed by atoms with E-state index in [0.717, 1.165) is 11.1 Å². The number of hydrogen-bond donors (Lipinski definition) is 0. The number of halogens is 1. The van der Waals surface area contributed by atoms with Crippen molar-refractivity contribution in [1.29, 1.82) is 0 Å². The molecule has 0 N–H and O–H groups in total. The summed E-state index contributed by atoms with van der Waals surface area (Å²) in [5.41, 5.74) is 3.08. The van der Waals surface area contributed by atoms with Crippen molar-refractivity contribution in [2.45, 2.75) is 25.7 Å². The highest BCUT2D eigenvalue weighted by molar-refractivity contribution is 7.89. The fourth-order valence-electron chi connectivity index (χ4n) is 3.12. The summed E-state index contributed by atoms with van der Waals surface area (Å²) in [6.07, 6.45) is 0. The number of piperazine rings is 1. The van der Waals surface area contributed by atoms with Crippen LogP contribution in [0.15, 0.2) is 41.3 Å². The minimum Gasteiger partial charge on any atom is -0.336 e. The van der Waals surface area contributed by atoms with E-state index in [9.17, 15) is 17.6 Å². The van der Waals surface area contributed by atoms with Crippen LogP contribution in [0.25, 0.3) is 0 Å². The molecule has 2 aromatic rings. The quantitative estimate of drug-likeness (QED) is 0.810. The summed E-state index contributed by atoms with van der Waals surface area (Å²) < 4.78 is 40.3. The largest absolute Gasteiger partial charge is 0.336 e. The van der Waals surface area contributed by atoms with Crippen molar-refractivity contribution in [3.8, 4) is 0 Å². The molecule has 5 nitrogen and oxygen atoms in total. The molecule has 1 aliphatic heterocycles. The topological polar surface area (TPSA) is 57.7 Å². The maximum absolute atomic E-state index is 13.4.